The number of aldehydes is 1. The number of likely N-dealkylation sites (N-methyl/N-ethyl adjacent to an activating group) is 1. The summed E-state index contributed by atoms with van der Waals surface area (Å²) in [5.74, 6) is -3.17. The molecule has 3 rings (SSSR count). The summed E-state index contributed by atoms with van der Waals surface area (Å²) >= 11 is 0. The molecule has 27 heavy (non-hydrogen) atoms. The second kappa shape index (κ2) is 7.52. The Kier molecular flexibility index (Phi) is 5.32. The first-order valence-electron chi connectivity index (χ1n) is 8.56. The molecule has 1 amide bonds. The lowest BCUT2D eigenvalue weighted by Gasteiger charge is -2.50. The lowest BCUT2D eigenvalue weighted by molar-refractivity contribution is -0.108. The van der Waals surface area contributed by atoms with E-state index in [2.05, 4.69) is 5.32 Å². The summed E-state index contributed by atoms with van der Waals surface area (Å²) in [6, 6.07) is 7.09. The van der Waals surface area contributed by atoms with Crippen LogP contribution in [0.15, 0.2) is 36.4 Å². The lowest BCUT2D eigenvalue weighted by atomic mass is 9.84. The number of halogens is 3. The maximum Gasteiger partial charge on any atom is 0.253 e. The molecule has 0 saturated carbocycles. The number of nitrogens with one attached hydrogen (secondary N) is 1. The Hall–Kier alpha value is -2.67. The molecule has 0 aromatic heterocycles. The lowest BCUT2D eigenvalue weighted by Crippen LogP contribution is -2.69. The van der Waals surface area contributed by atoms with Crippen LogP contribution in [0.2, 0.25) is 0 Å². The van der Waals surface area contributed by atoms with Crippen LogP contribution in [-0.2, 0) is 4.79 Å². The fourth-order valence-corrected chi connectivity index (χ4v) is 3.38. The summed E-state index contributed by atoms with van der Waals surface area (Å²) in [5.41, 5.74) is 0.0292. The molecule has 4 nitrogen and oxygen atoms in total. The van der Waals surface area contributed by atoms with Crippen molar-refractivity contribution in [3.05, 3.63) is 59.4 Å². The van der Waals surface area contributed by atoms with E-state index in [1.807, 2.05) is 0 Å². The van der Waals surface area contributed by atoms with E-state index < -0.39 is 17.5 Å². The third-order valence-corrected chi connectivity index (χ3v) is 4.97. The SMILES string of the molecule is CNC1(CCC=O)CN(C(=O)c2ccc(-c3c(F)cc(F)cc3F)cc2)C1. The van der Waals surface area contributed by atoms with E-state index in [-0.39, 0.29) is 22.6 Å². The molecule has 0 aliphatic carbocycles. The smallest absolute Gasteiger partial charge is 0.253 e. The molecular weight excluding hydrogens is 357 g/mol. The molecule has 0 spiro atoms. The predicted molar refractivity (Wildman–Crippen MR) is 94.7 cm³/mol. The minimum Gasteiger partial charge on any atom is -0.335 e. The van der Waals surface area contributed by atoms with Crippen LogP contribution in [0.4, 0.5) is 13.2 Å². The van der Waals surface area contributed by atoms with Crippen molar-refractivity contribution < 1.29 is 22.8 Å². The molecule has 2 aromatic carbocycles. The Morgan fingerprint density at radius 1 is 1.15 bits per heavy atom. The molecule has 0 unspecified atom stereocenters. The highest BCUT2D eigenvalue weighted by atomic mass is 19.1. The number of carbonyl (C=O) groups excluding carboxylic acids is 2. The molecule has 142 valence electrons. The molecule has 1 aliphatic heterocycles. The van der Waals surface area contributed by atoms with Gasteiger partial charge in [-0.3, -0.25) is 4.79 Å². The van der Waals surface area contributed by atoms with Crippen LogP contribution in [0.1, 0.15) is 23.2 Å². The van der Waals surface area contributed by atoms with Crippen molar-refractivity contribution in [3.63, 3.8) is 0 Å². The molecule has 1 saturated heterocycles. The van der Waals surface area contributed by atoms with E-state index in [0.717, 1.165) is 6.29 Å². The predicted octanol–water partition coefficient (Wildman–Crippen LogP) is 3.16. The minimum absolute atomic E-state index is 0.196. The maximum atomic E-state index is 13.9. The van der Waals surface area contributed by atoms with Crippen molar-refractivity contribution in [2.45, 2.75) is 18.4 Å². The zero-order chi connectivity index (χ0) is 19.6. The fourth-order valence-electron chi connectivity index (χ4n) is 3.38. The number of hydrogen-bond donors (Lipinski definition) is 1. The molecule has 7 heteroatoms. The van der Waals surface area contributed by atoms with Crippen LogP contribution in [0.3, 0.4) is 0 Å². The van der Waals surface area contributed by atoms with Gasteiger partial charge < -0.3 is 15.0 Å². The van der Waals surface area contributed by atoms with Crippen molar-refractivity contribution in [2.75, 3.05) is 20.1 Å². The highest BCUT2D eigenvalue weighted by molar-refractivity contribution is 5.95. The zero-order valence-corrected chi connectivity index (χ0v) is 14.8. The fraction of sp³-hybridized carbons (Fsp3) is 0.300. The normalized spacial score (nSPS) is 15.3. The van der Waals surface area contributed by atoms with Crippen LogP contribution < -0.4 is 5.32 Å². The zero-order valence-electron chi connectivity index (χ0n) is 14.8. The highest BCUT2D eigenvalue weighted by Crippen LogP contribution is 2.29. The number of benzene rings is 2. The Bertz CT molecular complexity index is 839. The van der Waals surface area contributed by atoms with Crippen molar-refractivity contribution in [2.24, 2.45) is 0 Å². The highest BCUT2D eigenvalue weighted by Gasteiger charge is 2.43. The third-order valence-electron chi connectivity index (χ3n) is 4.97. The van der Waals surface area contributed by atoms with Crippen LogP contribution >= 0.6 is 0 Å². The average molecular weight is 376 g/mol. The van der Waals surface area contributed by atoms with Crippen LogP contribution in [0.5, 0.6) is 0 Å². The molecular formula is C20H19F3N2O2. The largest absolute Gasteiger partial charge is 0.335 e. The van der Waals surface area contributed by atoms with E-state index >= 15 is 0 Å². The first kappa shape index (κ1) is 19.1. The van der Waals surface area contributed by atoms with Crippen molar-refractivity contribution in [1.82, 2.24) is 10.2 Å². The van der Waals surface area contributed by atoms with Gasteiger partial charge in [0.2, 0.25) is 0 Å². The van der Waals surface area contributed by atoms with E-state index in [1.165, 1.54) is 24.3 Å². The molecule has 1 heterocycles. The molecule has 0 bridgehead atoms. The van der Waals surface area contributed by atoms with Gasteiger partial charge in [-0.25, -0.2) is 13.2 Å². The van der Waals surface area contributed by atoms with E-state index in [4.69, 9.17) is 0 Å². The first-order valence-corrected chi connectivity index (χ1v) is 8.56. The minimum atomic E-state index is -0.997. The molecule has 1 N–H and O–H groups in total. The number of carbonyl (C=O) groups is 2. The summed E-state index contributed by atoms with van der Waals surface area (Å²) in [6.07, 6.45) is 1.93. The second-order valence-corrected chi connectivity index (χ2v) is 6.72. The van der Waals surface area contributed by atoms with Gasteiger partial charge in [-0.05, 0) is 31.2 Å². The van der Waals surface area contributed by atoms with E-state index in [0.29, 0.717) is 43.6 Å². The number of amides is 1. The Labute approximate surface area is 155 Å². The number of rotatable bonds is 6. The quantitative estimate of drug-likeness (QED) is 0.788. The van der Waals surface area contributed by atoms with Gasteiger partial charge >= 0.3 is 0 Å². The van der Waals surface area contributed by atoms with Gasteiger partial charge in [-0.1, -0.05) is 12.1 Å². The van der Waals surface area contributed by atoms with Gasteiger partial charge in [0, 0.05) is 37.2 Å². The third kappa shape index (κ3) is 3.73. The van der Waals surface area contributed by atoms with Crippen molar-refractivity contribution >= 4 is 12.2 Å². The van der Waals surface area contributed by atoms with Gasteiger partial charge in [0.05, 0.1) is 11.1 Å². The number of hydrogen-bond acceptors (Lipinski definition) is 3. The molecule has 1 aliphatic rings. The standard InChI is InChI=1S/C20H19F3N2O2/c1-24-20(7-2-8-26)11-25(12-20)19(27)14-5-3-13(4-6-14)18-16(22)9-15(21)10-17(18)23/h3-6,8-10,24H,2,7,11-12H2,1H3. The number of likely N-dealkylation sites (tertiary alicyclic amines) is 1. The molecule has 0 radical (unpaired) electrons. The topological polar surface area (TPSA) is 49.4 Å². The first-order chi connectivity index (χ1) is 12.9. The van der Waals surface area contributed by atoms with Gasteiger partial charge in [0.15, 0.2) is 0 Å². The van der Waals surface area contributed by atoms with Crippen LogP contribution in [0.25, 0.3) is 11.1 Å². The summed E-state index contributed by atoms with van der Waals surface area (Å²) in [7, 11) is 1.80. The Morgan fingerprint density at radius 2 is 1.74 bits per heavy atom. The molecule has 1 fully saturated rings. The van der Waals surface area contributed by atoms with E-state index in [9.17, 15) is 22.8 Å². The molecule has 0 atom stereocenters. The van der Waals surface area contributed by atoms with Gasteiger partial charge in [0.25, 0.3) is 5.91 Å². The summed E-state index contributed by atoms with van der Waals surface area (Å²) in [5, 5.41) is 3.17. The van der Waals surface area contributed by atoms with Gasteiger partial charge in [0.1, 0.15) is 23.7 Å². The van der Waals surface area contributed by atoms with Gasteiger partial charge in [-0.2, -0.15) is 0 Å². The number of nitrogens with zero attached hydrogens (tertiary/aromatic N) is 1. The molecule has 2 aromatic rings. The van der Waals surface area contributed by atoms with Crippen molar-refractivity contribution in [1.29, 1.82) is 0 Å². The maximum absolute atomic E-state index is 13.9. The van der Waals surface area contributed by atoms with Crippen LogP contribution in [0, 0.1) is 17.5 Å². The Balaban J connectivity index is 1.73. The summed E-state index contributed by atoms with van der Waals surface area (Å²) in [6.45, 7) is 0.971. The van der Waals surface area contributed by atoms with Crippen LogP contribution in [-0.4, -0.2) is 42.8 Å². The van der Waals surface area contributed by atoms with E-state index in [1.54, 1.807) is 11.9 Å². The Morgan fingerprint density at radius 3 is 2.26 bits per heavy atom. The second-order valence-electron chi connectivity index (χ2n) is 6.72. The van der Waals surface area contributed by atoms with Gasteiger partial charge in [-0.15, -0.1) is 0 Å². The average Bonchev–Trinajstić information content (AvgIpc) is 2.60. The summed E-state index contributed by atoms with van der Waals surface area (Å²) in [4.78, 5) is 24.8. The van der Waals surface area contributed by atoms with Crippen molar-refractivity contribution in [3.8, 4) is 11.1 Å². The monoisotopic (exact) mass is 376 g/mol. The summed E-state index contributed by atoms with van der Waals surface area (Å²) < 4.78 is 40.8.